The average molecular weight is 231 g/mol. The lowest BCUT2D eigenvalue weighted by molar-refractivity contribution is 0.205. The van der Waals surface area contributed by atoms with Gasteiger partial charge in [-0.2, -0.15) is 0 Å². The van der Waals surface area contributed by atoms with Gasteiger partial charge in [0.1, 0.15) is 5.15 Å². The first-order valence-electron chi connectivity index (χ1n) is 4.59. The number of nitrogens with two attached hydrogens (primary N) is 1. The molecule has 1 unspecified atom stereocenters. The first kappa shape index (κ1) is 12.2. The average Bonchev–Trinajstić information content (AvgIpc) is 2.27. The Balaban J connectivity index is 3.23. The maximum absolute atomic E-state index is 9.33. The van der Waals surface area contributed by atoms with Crippen molar-refractivity contribution in [2.75, 3.05) is 20.3 Å². The molecule has 84 valence electrons. The number of aliphatic hydroxyl groups is 1. The Labute approximate surface area is 94.0 Å². The number of aromatic nitrogens is 1. The molecule has 3 N–H and O–H groups in total. The summed E-state index contributed by atoms with van der Waals surface area (Å²) < 4.78 is 5.11. The van der Waals surface area contributed by atoms with Crippen LogP contribution in [-0.2, 0) is 5.41 Å². The van der Waals surface area contributed by atoms with Gasteiger partial charge in [-0.3, -0.25) is 0 Å². The van der Waals surface area contributed by atoms with E-state index < -0.39 is 5.41 Å². The van der Waals surface area contributed by atoms with E-state index in [-0.39, 0.29) is 6.61 Å². The Hall–Kier alpha value is -0.840. The van der Waals surface area contributed by atoms with Gasteiger partial charge in [-0.25, -0.2) is 4.98 Å². The highest BCUT2D eigenvalue weighted by atomic mass is 35.5. The summed E-state index contributed by atoms with van der Waals surface area (Å²) in [6, 6.07) is 3.43. The van der Waals surface area contributed by atoms with Crippen molar-refractivity contribution in [3.63, 3.8) is 0 Å². The Bertz CT molecular complexity index is 340. The number of rotatable bonds is 4. The van der Waals surface area contributed by atoms with Crippen molar-refractivity contribution in [1.82, 2.24) is 4.98 Å². The summed E-state index contributed by atoms with van der Waals surface area (Å²) in [7, 11) is 1.51. The van der Waals surface area contributed by atoms with Gasteiger partial charge in [0.25, 0.3) is 0 Å². The molecule has 1 heterocycles. The summed E-state index contributed by atoms with van der Waals surface area (Å²) in [5, 5.41) is 9.69. The Morgan fingerprint density at radius 2 is 2.27 bits per heavy atom. The van der Waals surface area contributed by atoms with Gasteiger partial charge in [-0.05, 0) is 12.1 Å². The summed E-state index contributed by atoms with van der Waals surface area (Å²) >= 11 is 5.75. The fourth-order valence-electron chi connectivity index (χ4n) is 1.29. The van der Waals surface area contributed by atoms with Gasteiger partial charge in [0.05, 0.1) is 13.7 Å². The minimum Gasteiger partial charge on any atom is -0.481 e. The van der Waals surface area contributed by atoms with E-state index in [0.717, 1.165) is 5.56 Å². The highest BCUT2D eigenvalue weighted by molar-refractivity contribution is 6.29. The van der Waals surface area contributed by atoms with Crippen molar-refractivity contribution < 1.29 is 9.84 Å². The van der Waals surface area contributed by atoms with Crippen molar-refractivity contribution in [2.45, 2.75) is 12.3 Å². The van der Waals surface area contributed by atoms with E-state index in [2.05, 4.69) is 4.98 Å². The molecule has 15 heavy (non-hydrogen) atoms. The number of hydrogen-bond acceptors (Lipinski definition) is 4. The molecule has 1 rings (SSSR count). The van der Waals surface area contributed by atoms with E-state index in [9.17, 15) is 5.11 Å². The number of methoxy groups -OCH3 is 1. The van der Waals surface area contributed by atoms with Crippen LogP contribution in [0.2, 0.25) is 5.15 Å². The molecule has 0 fully saturated rings. The highest BCUT2D eigenvalue weighted by Gasteiger charge is 2.28. The molecule has 0 aliphatic rings. The first-order valence-corrected chi connectivity index (χ1v) is 4.97. The lowest BCUT2D eigenvalue weighted by Gasteiger charge is -2.26. The number of hydrogen-bond donors (Lipinski definition) is 2. The fraction of sp³-hybridized carbons (Fsp3) is 0.500. The van der Waals surface area contributed by atoms with E-state index in [1.165, 1.54) is 7.11 Å². The lowest BCUT2D eigenvalue weighted by Crippen LogP contribution is -2.36. The fourth-order valence-corrected chi connectivity index (χ4v) is 1.43. The predicted molar refractivity (Wildman–Crippen MR) is 59.3 cm³/mol. The number of pyridine rings is 1. The third-order valence-electron chi connectivity index (χ3n) is 2.47. The predicted octanol–water partition coefficient (Wildman–Crippen LogP) is 0.952. The van der Waals surface area contributed by atoms with Crippen LogP contribution < -0.4 is 10.5 Å². The molecule has 0 aliphatic carbocycles. The van der Waals surface area contributed by atoms with Crippen LogP contribution in [0.5, 0.6) is 5.88 Å². The lowest BCUT2D eigenvalue weighted by atomic mass is 9.84. The second-order valence-electron chi connectivity index (χ2n) is 3.61. The molecule has 0 saturated heterocycles. The number of ether oxygens (including phenoxy) is 1. The monoisotopic (exact) mass is 230 g/mol. The molecule has 0 amide bonds. The van der Waals surface area contributed by atoms with Crippen LogP contribution >= 0.6 is 11.6 Å². The molecular formula is C10H15ClN2O2. The van der Waals surface area contributed by atoms with Crippen molar-refractivity contribution in [2.24, 2.45) is 5.73 Å². The SMILES string of the molecule is COc1nc(Cl)ccc1C(C)(CN)CO. The molecule has 4 nitrogen and oxygen atoms in total. The largest absolute Gasteiger partial charge is 0.481 e. The van der Waals surface area contributed by atoms with Crippen molar-refractivity contribution >= 4 is 11.6 Å². The zero-order chi connectivity index (χ0) is 11.5. The summed E-state index contributed by atoms with van der Waals surface area (Å²) in [6.45, 7) is 2.09. The van der Waals surface area contributed by atoms with E-state index in [1.54, 1.807) is 12.1 Å². The number of halogens is 1. The van der Waals surface area contributed by atoms with Crippen LogP contribution in [-0.4, -0.2) is 30.4 Å². The van der Waals surface area contributed by atoms with E-state index in [0.29, 0.717) is 17.6 Å². The zero-order valence-electron chi connectivity index (χ0n) is 8.83. The van der Waals surface area contributed by atoms with Gasteiger partial charge in [0, 0.05) is 17.5 Å². The second-order valence-corrected chi connectivity index (χ2v) is 4.00. The quantitative estimate of drug-likeness (QED) is 0.756. The minimum atomic E-state index is -0.553. The van der Waals surface area contributed by atoms with Crippen molar-refractivity contribution in [3.05, 3.63) is 22.8 Å². The summed E-state index contributed by atoms with van der Waals surface area (Å²) in [5.74, 6) is 0.407. The van der Waals surface area contributed by atoms with Gasteiger partial charge < -0.3 is 15.6 Å². The normalized spacial score (nSPS) is 14.7. The first-order chi connectivity index (χ1) is 7.07. The third-order valence-corrected chi connectivity index (χ3v) is 2.68. The molecule has 1 atom stereocenters. The Morgan fingerprint density at radius 3 is 2.73 bits per heavy atom. The van der Waals surface area contributed by atoms with Gasteiger partial charge in [0.2, 0.25) is 5.88 Å². The van der Waals surface area contributed by atoms with Crippen LogP contribution in [0, 0.1) is 0 Å². The topological polar surface area (TPSA) is 68.4 Å². The molecule has 1 aromatic rings. The standard InChI is InChI=1S/C10H15ClN2O2/c1-10(5-12,6-14)7-3-4-8(11)13-9(7)15-2/h3-4,14H,5-6,12H2,1-2H3. The Morgan fingerprint density at radius 1 is 1.60 bits per heavy atom. The smallest absolute Gasteiger partial charge is 0.218 e. The molecular weight excluding hydrogens is 216 g/mol. The third kappa shape index (κ3) is 2.40. The summed E-state index contributed by atoms with van der Waals surface area (Å²) in [6.07, 6.45) is 0. The van der Waals surface area contributed by atoms with Crippen molar-refractivity contribution in [3.8, 4) is 5.88 Å². The molecule has 0 saturated carbocycles. The van der Waals surface area contributed by atoms with E-state index in [4.69, 9.17) is 22.1 Å². The molecule has 0 aliphatic heterocycles. The van der Waals surface area contributed by atoms with Crippen LogP contribution in [0.4, 0.5) is 0 Å². The number of aliphatic hydroxyl groups excluding tert-OH is 1. The van der Waals surface area contributed by atoms with Crippen LogP contribution in [0.25, 0.3) is 0 Å². The molecule has 0 radical (unpaired) electrons. The van der Waals surface area contributed by atoms with Crippen molar-refractivity contribution in [1.29, 1.82) is 0 Å². The molecule has 0 aromatic carbocycles. The maximum Gasteiger partial charge on any atom is 0.218 e. The highest BCUT2D eigenvalue weighted by Crippen LogP contribution is 2.30. The van der Waals surface area contributed by atoms with Gasteiger partial charge in [-0.1, -0.05) is 18.5 Å². The van der Waals surface area contributed by atoms with Gasteiger partial charge in [-0.15, -0.1) is 0 Å². The maximum atomic E-state index is 9.33. The zero-order valence-corrected chi connectivity index (χ0v) is 9.58. The number of nitrogens with zero attached hydrogens (tertiary/aromatic N) is 1. The van der Waals surface area contributed by atoms with Crippen LogP contribution in [0.3, 0.4) is 0 Å². The Kier molecular flexibility index (Phi) is 3.90. The van der Waals surface area contributed by atoms with E-state index in [1.807, 2.05) is 6.92 Å². The minimum absolute atomic E-state index is 0.0663. The second kappa shape index (κ2) is 4.79. The van der Waals surface area contributed by atoms with Crippen LogP contribution in [0.15, 0.2) is 12.1 Å². The molecule has 0 bridgehead atoms. The summed E-state index contributed by atoms with van der Waals surface area (Å²) in [5.41, 5.74) is 5.85. The van der Waals surface area contributed by atoms with E-state index >= 15 is 0 Å². The summed E-state index contributed by atoms with van der Waals surface area (Å²) in [4.78, 5) is 4.03. The van der Waals surface area contributed by atoms with Gasteiger partial charge >= 0.3 is 0 Å². The van der Waals surface area contributed by atoms with Crippen LogP contribution in [0.1, 0.15) is 12.5 Å². The van der Waals surface area contributed by atoms with Gasteiger partial charge in [0.15, 0.2) is 0 Å². The molecule has 1 aromatic heterocycles. The molecule has 0 spiro atoms. The molecule has 5 heteroatoms.